The zero-order valence-corrected chi connectivity index (χ0v) is 7.27. The number of hydrogen-bond donors (Lipinski definition) is 1. The lowest BCUT2D eigenvalue weighted by Crippen LogP contribution is -2.40. The van der Waals surface area contributed by atoms with E-state index in [1.807, 2.05) is 6.07 Å². The van der Waals surface area contributed by atoms with Crippen LogP contribution in [0.4, 0.5) is 4.79 Å². The van der Waals surface area contributed by atoms with Crippen molar-refractivity contribution in [3.05, 3.63) is 0 Å². The summed E-state index contributed by atoms with van der Waals surface area (Å²) in [7, 11) is 0. The SMILES string of the molecule is N#CCOC1CCN(C(=O)O)CC1. The molecule has 5 nitrogen and oxygen atoms in total. The number of rotatable bonds is 2. The second-order valence-corrected chi connectivity index (χ2v) is 2.94. The van der Waals surface area contributed by atoms with Crippen LogP contribution in [0.5, 0.6) is 0 Å². The van der Waals surface area contributed by atoms with E-state index in [1.54, 1.807) is 0 Å². The van der Waals surface area contributed by atoms with Gasteiger partial charge in [0.15, 0.2) is 0 Å². The van der Waals surface area contributed by atoms with E-state index < -0.39 is 6.09 Å². The third-order valence-electron chi connectivity index (χ3n) is 2.10. The van der Waals surface area contributed by atoms with Crippen molar-refractivity contribution in [3.8, 4) is 6.07 Å². The Hall–Kier alpha value is -1.28. The first-order chi connectivity index (χ1) is 6.24. The number of piperidine rings is 1. The standard InChI is InChI=1S/C8H12N2O3/c9-3-6-13-7-1-4-10(5-2-7)8(11)12/h7H,1-2,4-6H2,(H,11,12). The molecule has 0 unspecified atom stereocenters. The monoisotopic (exact) mass is 184 g/mol. The molecule has 5 heteroatoms. The minimum Gasteiger partial charge on any atom is -0.465 e. The fourth-order valence-corrected chi connectivity index (χ4v) is 1.37. The highest BCUT2D eigenvalue weighted by atomic mass is 16.5. The predicted molar refractivity (Wildman–Crippen MR) is 44.2 cm³/mol. The molecule has 0 atom stereocenters. The normalized spacial score (nSPS) is 18.2. The van der Waals surface area contributed by atoms with Gasteiger partial charge < -0.3 is 14.7 Å². The van der Waals surface area contributed by atoms with Crippen LogP contribution in [0, 0.1) is 11.3 Å². The summed E-state index contributed by atoms with van der Waals surface area (Å²) in [6.07, 6.45) is 0.552. The minimum absolute atomic E-state index is 0.0512. The molecule has 1 aliphatic rings. The van der Waals surface area contributed by atoms with Gasteiger partial charge in [-0.15, -0.1) is 0 Å². The lowest BCUT2D eigenvalue weighted by molar-refractivity contribution is 0.0261. The fourth-order valence-electron chi connectivity index (χ4n) is 1.37. The number of carboxylic acid groups (broad SMARTS) is 1. The van der Waals surface area contributed by atoms with Gasteiger partial charge in [-0.2, -0.15) is 5.26 Å². The maximum Gasteiger partial charge on any atom is 0.407 e. The molecule has 1 aliphatic heterocycles. The molecule has 0 aliphatic carbocycles. The van der Waals surface area contributed by atoms with Crippen LogP contribution in [0.3, 0.4) is 0 Å². The molecule has 72 valence electrons. The summed E-state index contributed by atoms with van der Waals surface area (Å²) >= 11 is 0. The molecule has 1 amide bonds. The molecule has 0 aromatic heterocycles. The largest absolute Gasteiger partial charge is 0.465 e. The average molecular weight is 184 g/mol. The van der Waals surface area contributed by atoms with Crippen LogP contribution < -0.4 is 0 Å². The third-order valence-corrected chi connectivity index (χ3v) is 2.10. The van der Waals surface area contributed by atoms with Crippen LogP contribution in [0.25, 0.3) is 0 Å². The highest BCUT2D eigenvalue weighted by molar-refractivity contribution is 5.64. The molecule has 1 rings (SSSR count). The Kier molecular flexibility index (Phi) is 3.53. The van der Waals surface area contributed by atoms with E-state index >= 15 is 0 Å². The fraction of sp³-hybridized carbons (Fsp3) is 0.750. The summed E-state index contributed by atoms with van der Waals surface area (Å²) in [6, 6.07) is 1.90. The highest BCUT2D eigenvalue weighted by Gasteiger charge is 2.22. The van der Waals surface area contributed by atoms with Gasteiger partial charge in [0.25, 0.3) is 0 Å². The van der Waals surface area contributed by atoms with Crippen molar-refractivity contribution in [2.24, 2.45) is 0 Å². The number of hydrogen-bond acceptors (Lipinski definition) is 3. The van der Waals surface area contributed by atoms with Gasteiger partial charge in [-0.3, -0.25) is 0 Å². The van der Waals surface area contributed by atoms with Gasteiger partial charge in [-0.05, 0) is 12.8 Å². The van der Waals surface area contributed by atoms with Crippen LogP contribution in [-0.4, -0.2) is 41.9 Å². The number of carbonyl (C=O) groups is 1. The summed E-state index contributed by atoms with van der Waals surface area (Å²) in [4.78, 5) is 11.9. The Balaban J connectivity index is 2.23. The quantitative estimate of drug-likeness (QED) is 0.684. The molecule has 0 radical (unpaired) electrons. The van der Waals surface area contributed by atoms with Crippen LogP contribution >= 0.6 is 0 Å². The van der Waals surface area contributed by atoms with Gasteiger partial charge in [-0.1, -0.05) is 0 Å². The Morgan fingerprint density at radius 1 is 1.62 bits per heavy atom. The maximum absolute atomic E-state index is 10.5. The van der Waals surface area contributed by atoms with Crippen molar-refractivity contribution in [1.29, 1.82) is 5.26 Å². The average Bonchev–Trinajstić information content (AvgIpc) is 2.15. The molecule has 0 aromatic rings. The van der Waals surface area contributed by atoms with Crippen molar-refractivity contribution in [2.75, 3.05) is 19.7 Å². The molecule has 13 heavy (non-hydrogen) atoms. The summed E-state index contributed by atoms with van der Waals surface area (Å²) in [5, 5.41) is 16.9. The molecule has 1 saturated heterocycles. The number of nitriles is 1. The Morgan fingerprint density at radius 3 is 2.69 bits per heavy atom. The van der Waals surface area contributed by atoms with Crippen LogP contribution in [-0.2, 0) is 4.74 Å². The van der Waals surface area contributed by atoms with Crippen LogP contribution in [0.1, 0.15) is 12.8 Å². The molecule has 0 bridgehead atoms. The van der Waals surface area contributed by atoms with E-state index in [4.69, 9.17) is 15.1 Å². The van der Waals surface area contributed by atoms with Crippen LogP contribution in [0.15, 0.2) is 0 Å². The van der Waals surface area contributed by atoms with E-state index in [0.717, 1.165) is 0 Å². The van der Waals surface area contributed by atoms with E-state index in [0.29, 0.717) is 25.9 Å². The minimum atomic E-state index is -0.876. The zero-order chi connectivity index (χ0) is 9.68. The molecular weight excluding hydrogens is 172 g/mol. The smallest absolute Gasteiger partial charge is 0.407 e. The maximum atomic E-state index is 10.5. The topological polar surface area (TPSA) is 73.6 Å². The Labute approximate surface area is 76.5 Å². The Morgan fingerprint density at radius 2 is 2.23 bits per heavy atom. The molecule has 0 saturated carbocycles. The van der Waals surface area contributed by atoms with E-state index in [1.165, 1.54) is 4.90 Å². The highest BCUT2D eigenvalue weighted by Crippen LogP contribution is 2.13. The number of nitrogens with zero attached hydrogens (tertiary/aromatic N) is 2. The van der Waals surface area contributed by atoms with Gasteiger partial charge in [0.1, 0.15) is 6.61 Å². The molecular formula is C8H12N2O3. The first-order valence-corrected chi connectivity index (χ1v) is 4.20. The number of ether oxygens (including phenoxy) is 1. The first-order valence-electron chi connectivity index (χ1n) is 4.20. The van der Waals surface area contributed by atoms with E-state index in [2.05, 4.69) is 0 Å². The second kappa shape index (κ2) is 4.67. The predicted octanol–water partition coefficient (Wildman–Crippen LogP) is 0.669. The summed E-state index contributed by atoms with van der Waals surface area (Å²) < 4.78 is 5.18. The molecule has 0 aromatic carbocycles. The van der Waals surface area contributed by atoms with Crippen molar-refractivity contribution in [1.82, 2.24) is 4.90 Å². The Bertz CT molecular complexity index is 216. The second-order valence-electron chi connectivity index (χ2n) is 2.94. The lowest BCUT2D eigenvalue weighted by Gasteiger charge is -2.29. The molecule has 1 N–H and O–H groups in total. The summed E-state index contributed by atoms with van der Waals surface area (Å²) in [5.41, 5.74) is 0. The molecule has 1 fully saturated rings. The zero-order valence-electron chi connectivity index (χ0n) is 7.27. The van der Waals surface area contributed by atoms with Gasteiger partial charge >= 0.3 is 6.09 Å². The van der Waals surface area contributed by atoms with Gasteiger partial charge in [0.05, 0.1) is 12.2 Å². The summed E-state index contributed by atoms with van der Waals surface area (Å²) in [6.45, 7) is 1.11. The molecule has 1 heterocycles. The van der Waals surface area contributed by atoms with E-state index in [-0.39, 0.29) is 12.7 Å². The van der Waals surface area contributed by atoms with E-state index in [9.17, 15) is 4.79 Å². The van der Waals surface area contributed by atoms with Gasteiger partial charge in [0.2, 0.25) is 0 Å². The number of likely N-dealkylation sites (tertiary alicyclic amines) is 1. The van der Waals surface area contributed by atoms with Crippen LogP contribution in [0.2, 0.25) is 0 Å². The molecule has 0 spiro atoms. The van der Waals surface area contributed by atoms with Gasteiger partial charge in [-0.25, -0.2) is 4.79 Å². The van der Waals surface area contributed by atoms with Crippen molar-refractivity contribution in [3.63, 3.8) is 0 Å². The first kappa shape index (κ1) is 9.81. The number of amides is 1. The van der Waals surface area contributed by atoms with Gasteiger partial charge in [0, 0.05) is 13.1 Å². The van der Waals surface area contributed by atoms with Crippen molar-refractivity contribution >= 4 is 6.09 Å². The summed E-state index contributed by atoms with van der Waals surface area (Å²) in [5.74, 6) is 0. The van der Waals surface area contributed by atoms with Crippen molar-refractivity contribution in [2.45, 2.75) is 18.9 Å². The third kappa shape index (κ3) is 2.92. The lowest BCUT2D eigenvalue weighted by atomic mass is 10.1. The van der Waals surface area contributed by atoms with Crippen molar-refractivity contribution < 1.29 is 14.6 Å².